The maximum absolute atomic E-state index is 12.6. The van der Waals surface area contributed by atoms with Gasteiger partial charge in [0.2, 0.25) is 11.1 Å². The zero-order chi connectivity index (χ0) is 16.2. The molecule has 124 valence electrons. The summed E-state index contributed by atoms with van der Waals surface area (Å²) in [6.07, 6.45) is 0. The minimum absolute atomic E-state index is 0.162. The standard InChI is InChI=1S/C15H21N5OS2/c1-3-19-6-8-20(9-7-19)14(21)11(2)23-15-16-13(17-18-15)12-5-4-10-22-12/h4-5,10-11H,3,6-9H2,1-2H3,(H,16,17,18)/p+1/t11-/m1/s1. The Bertz CT molecular complexity index is 634. The number of carbonyl (C=O) groups is 1. The van der Waals surface area contributed by atoms with Crippen LogP contribution < -0.4 is 4.90 Å². The Hall–Kier alpha value is -1.38. The van der Waals surface area contributed by atoms with Crippen molar-refractivity contribution in [3.8, 4) is 10.7 Å². The summed E-state index contributed by atoms with van der Waals surface area (Å²) in [5.41, 5.74) is 0. The second-order valence-electron chi connectivity index (χ2n) is 5.63. The van der Waals surface area contributed by atoms with E-state index in [-0.39, 0.29) is 11.2 Å². The van der Waals surface area contributed by atoms with Gasteiger partial charge in [-0.3, -0.25) is 9.89 Å². The second-order valence-corrected chi connectivity index (χ2v) is 7.89. The fourth-order valence-corrected chi connectivity index (χ4v) is 4.16. The van der Waals surface area contributed by atoms with Gasteiger partial charge in [0, 0.05) is 0 Å². The summed E-state index contributed by atoms with van der Waals surface area (Å²) in [7, 11) is 0. The van der Waals surface area contributed by atoms with Crippen molar-refractivity contribution in [1.29, 1.82) is 0 Å². The largest absolute Gasteiger partial charge is 0.332 e. The molecule has 6 nitrogen and oxygen atoms in total. The molecule has 1 aliphatic heterocycles. The molecule has 0 unspecified atom stereocenters. The Morgan fingerprint density at radius 2 is 2.30 bits per heavy atom. The van der Waals surface area contributed by atoms with E-state index in [1.165, 1.54) is 11.8 Å². The van der Waals surface area contributed by atoms with Crippen LogP contribution in [0.3, 0.4) is 0 Å². The van der Waals surface area contributed by atoms with Crippen LogP contribution in [0.2, 0.25) is 0 Å². The van der Waals surface area contributed by atoms with Gasteiger partial charge in [-0.2, -0.15) is 0 Å². The van der Waals surface area contributed by atoms with E-state index in [1.807, 2.05) is 29.3 Å². The summed E-state index contributed by atoms with van der Waals surface area (Å²) in [5.74, 6) is 0.954. The molecule has 1 fully saturated rings. The van der Waals surface area contributed by atoms with Gasteiger partial charge < -0.3 is 9.80 Å². The van der Waals surface area contributed by atoms with Crippen molar-refractivity contribution in [2.24, 2.45) is 0 Å². The van der Waals surface area contributed by atoms with Crippen molar-refractivity contribution in [3.05, 3.63) is 17.5 Å². The molecule has 1 atom stereocenters. The number of likely N-dealkylation sites (N-methyl/N-ethyl adjacent to an activating group) is 1. The lowest BCUT2D eigenvalue weighted by atomic mass is 10.3. The number of aromatic nitrogens is 3. The van der Waals surface area contributed by atoms with Gasteiger partial charge in [0.1, 0.15) is 0 Å². The molecule has 0 saturated carbocycles. The SMILES string of the molecule is CC[NH+]1CCN(C(=O)[C@@H](C)Sc2n[nH]c(-c3cccs3)n2)CC1. The van der Waals surface area contributed by atoms with Crippen LogP contribution in [0.1, 0.15) is 13.8 Å². The van der Waals surface area contributed by atoms with E-state index in [0.717, 1.165) is 43.4 Å². The van der Waals surface area contributed by atoms with Gasteiger partial charge in [-0.15, -0.1) is 16.4 Å². The van der Waals surface area contributed by atoms with E-state index in [2.05, 4.69) is 22.1 Å². The Morgan fingerprint density at radius 3 is 2.96 bits per heavy atom. The van der Waals surface area contributed by atoms with E-state index in [4.69, 9.17) is 0 Å². The van der Waals surface area contributed by atoms with Gasteiger partial charge >= 0.3 is 0 Å². The van der Waals surface area contributed by atoms with Crippen molar-refractivity contribution < 1.29 is 9.69 Å². The molecule has 2 aromatic rings. The Balaban J connectivity index is 1.56. The highest BCUT2D eigenvalue weighted by Crippen LogP contribution is 2.25. The Kier molecular flexibility index (Phi) is 5.34. The lowest BCUT2D eigenvalue weighted by Gasteiger charge is -2.32. The maximum Gasteiger partial charge on any atom is 0.236 e. The molecule has 3 heterocycles. The van der Waals surface area contributed by atoms with E-state index in [9.17, 15) is 4.79 Å². The van der Waals surface area contributed by atoms with Crippen molar-refractivity contribution in [3.63, 3.8) is 0 Å². The number of piperazine rings is 1. The van der Waals surface area contributed by atoms with Crippen molar-refractivity contribution >= 4 is 29.0 Å². The van der Waals surface area contributed by atoms with Gasteiger partial charge in [-0.25, -0.2) is 4.98 Å². The first-order valence-corrected chi connectivity index (χ1v) is 9.68. The van der Waals surface area contributed by atoms with Gasteiger partial charge in [-0.1, -0.05) is 17.8 Å². The number of quaternary nitrogens is 1. The molecule has 2 N–H and O–H groups in total. The molecule has 0 aliphatic carbocycles. The number of amides is 1. The first-order chi connectivity index (χ1) is 11.2. The maximum atomic E-state index is 12.6. The van der Waals surface area contributed by atoms with E-state index in [1.54, 1.807) is 16.2 Å². The van der Waals surface area contributed by atoms with Crippen LogP contribution in [0.4, 0.5) is 0 Å². The Labute approximate surface area is 144 Å². The molecular formula is C15H22N5OS2+. The number of nitrogens with one attached hydrogen (secondary N) is 2. The van der Waals surface area contributed by atoms with Crippen molar-refractivity contribution in [2.75, 3.05) is 32.7 Å². The molecular weight excluding hydrogens is 330 g/mol. The molecule has 8 heteroatoms. The van der Waals surface area contributed by atoms with Crippen LogP contribution in [-0.4, -0.2) is 64.0 Å². The smallest absolute Gasteiger partial charge is 0.236 e. The zero-order valence-electron chi connectivity index (χ0n) is 13.4. The van der Waals surface area contributed by atoms with Crippen molar-refractivity contribution in [1.82, 2.24) is 20.1 Å². The Morgan fingerprint density at radius 1 is 1.52 bits per heavy atom. The second kappa shape index (κ2) is 7.46. The highest BCUT2D eigenvalue weighted by Gasteiger charge is 2.27. The average Bonchev–Trinajstić information content (AvgIpc) is 3.25. The summed E-state index contributed by atoms with van der Waals surface area (Å²) in [5, 5.41) is 9.65. The summed E-state index contributed by atoms with van der Waals surface area (Å²) in [4.78, 5) is 21.6. The van der Waals surface area contributed by atoms with Gasteiger partial charge in [0.25, 0.3) is 0 Å². The lowest BCUT2D eigenvalue weighted by Crippen LogP contribution is -3.14. The quantitative estimate of drug-likeness (QED) is 0.780. The highest BCUT2D eigenvalue weighted by molar-refractivity contribution is 8.00. The summed E-state index contributed by atoms with van der Waals surface area (Å²) in [6.45, 7) is 9.05. The number of hydrogen-bond acceptors (Lipinski definition) is 5. The predicted octanol–water partition coefficient (Wildman–Crippen LogP) is 0.761. The molecule has 1 saturated heterocycles. The number of thiophene rings is 1. The molecule has 1 aliphatic rings. The lowest BCUT2D eigenvalue weighted by molar-refractivity contribution is -0.902. The number of thioether (sulfide) groups is 1. The zero-order valence-corrected chi connectivity index (χ0v) is 15.0. The normalized spacial score (nSPS) is 17.4. The number of hydrogen-bond donors (Lipinski definition) is 2. The third kappa shape index (κ3) is 3.94. The molecule has 2 aromatic heterocycles. The van der Waals surface area contributed by atoms with Crippen LogP contribution in [0.5, 0.6) is 0 Å². The monoisotopic (exact) mass is 352 g/mol. The first-order valence-electron chi connectivity index (χ1n) is 7.92. The molecule has 0 radical (unpaired) electrons. The van der Waals surface area contributed by atoms with Crippen LogP contribution >= 0.6 is 23.1 Å². The van der Waals surface area contributed by atoms with Crippen LogP contribution in [0.25, 0.3) is 10.7 Å². The number of carbonyl (C=O) groups excluding carboxylic acids is 1. The minimum Gasteiger partial charge on any atom is -0.332 e. The molecule has 1 amide bonds. The summed E-state index contributed by atoms with van der Waals surface area (Å²) < 4.78 is 0. The highest BCUT2D eigenvalue weighted by atomic mass is 32.2. The summed E-state index contributed by atoms with van der Waals surface area (Å²) in [6, 6.07) is 3.99. The third-order valence-corrected chi connectivity index (χ3v) is 5.96. The average molecular weight is 353 g/mol. The molecule has 0 spiro atoms. The number of nitrogens with zero attached hydrogens (tertiary/aromatic N) is 3. The topological polar surface area (TPSA) is 66.3 Å². The number of aromatic amines is 1. The predicted molar refractivity (Wildman–Crippen MR) is 92.8 cm³/mol. The van der Waals surface area contributed by atoms with Crippen LogP contribution in [0.15, 0.2) is 22.7 Å². The molecule has 0 bridgehead atoms. The number of H-pyrrole nitrogens is 1. The van der Waals surface area contributed by atoms with Crippen molar-refractivity contribution in [2.45, 2.75) is 24.3 Å². The van der Waals surface area contributed by atoms with E-state index in [0.29, 0.717) is 5.16 Å². The minimum atomic E-state index is -0.162. The van der Waals surface area contributed by atoms with Crippen LogP contribution in [0, 0.1) is 0 Å². The van der Waals surface area contributed by atoms with Gasteiger partial charge in [-0.05, 0) is 25.3 Å². The summed E-state index contributed by atoms with van der Waals surface area (Å²) >= 11 is 3.04. The molecule has 3 rings (SSSR count). The molecule has 23 heavy (non-hydrogen) atoms. The molecule has 0 aromatic carbocycles. The van der Waals surface area contributed by atoms with E-state index >= 15 is 0 Å². The van der Waals surface area contributed by atoms with Gasteiger partial charge in [0.15, 0.2) is 5.82 Å². The fourth-order valence-electron chi connectivity index (χ4n) is 2.69. The first kappa shape index (κ1) is 16.5. The van der Waals surface area contributed by atoms with Gasteiger partial charge in [0.05, 0.1) is 42.9 Å². The van der Waals surface area contributed by atoms with Crippen LogP contribution in [-0.2, 0) is 4.79 Å². The third-order valence-electron chi connectivity index (χ3n) is 4.13. The van der Waals surface area contributed by atoms with E-state index < -0.39 is 0 Å². The number of rotatable bonds is 5. The fraction of sp³-hybridized carbons (Fsp3) is 0.533.